The Kier molecular flexibility index (Phi) is 4.92. The van der Waals surface area contributed by atoms with Crippen molar-refractivity contribution in [2.45, 2.75) is 36.8 Å². The lowest BCUT2D eigenvalue weighted by atomic mass is 9.87. The molecule has 0 aromatic carbocycles. The summed E-state index contributed by atoms with van der Waals surface area (Å²) >= 11 is 0. The zero-order chi connectivity index (χ0) is 15.5. The minimum atomic E-state index is -3.79. The first-order valence-electron chi connectivity index (χ1n) is 6.77. The number of aromatic nitrogens is 1. The number of carboxylic acid groups (broad SMARTS) is 1. The highest BCUT2D eigenvalue weighted by molar-refractivity contribution is 7.89. The molecule has 0 spiro atoms. The summed E-state index contributed by atoms with van der Waals surface area (Å²) in [5, 5.41) is 18.3. The van der Waals surface area contributed by atoms with Crippen LogP contribution in [0.1, 0.15) is 36.0 Å². The molecule has 21 heavy (non-hydrogen) atoms. The molecule has 0 aliphatic heterocycles. The van der Waals surface area contributed by atoms with Gasteiger partial charge in [-0.15, -0.1) is 0 Å². The molecule has 1 aromatic rings. The monoisotopic (exact) mass is 314 g/mol. The van der Waals surface area contributed by atoms with Crippen LogP contribution in [0.5, 0.6) is 0 Å². The van der Waals surface area contributed by atoms with Crippen LogP contribution >= 0.6 is 0 Å². The first-order valence-corrected chi connectivity index (χ1v) is 8.25. The Hall–Kier alpha value is -1.51. The molecule has 3 N–H and O–H groups in total. The number of rotatable bonds is 5. The fraction of sp³-hybridized carbons (Fsp3) is 0.538. The van der Waals surface area contributed by atoms with Crippen molar-refractivity contribution in [3.63, 3.8) is 0 Å². The standard InChI is InChI=1S/C13H18N2O5S/c16-11-4-2-1-3-9(11)8-15-21(19,20)12-6-5-10(7-14-12)13(17)18/h5-7,9,11,15-16H,1-4,8H2,(H,17,18). The number of nitrogens with zero attached hydrogens (tertiary/aromatic N) is 1. The van der Waals surface area contributed by atoms with E-state index in [2.05, 4.69) is 9.71 Å². The van der Waals surface area contributed by atoms with Gasteiger partial charge in [0.25, 0.3) is 10.0 Å². The molecule has 1 aliphatic rings. The third-order valence-corrected chi connectivity index (χ3v) is 5.00. The number of aromatic carboxylic acids is 1. The van der Waals surface area contributed by atoms with Crippen LogP contribution in [0.25, 0.3) is 0 Å². The Morgan fingerprint density at radius 2 is 2.05 bits per heavy atom. The minimum Gasteiger partial charge on any atom is -0.478 e. The summed E-state index contributed by atoms with van der Waals surface area (Å²) < 4.78 is 26.5. The van der Waals surface area contributed by atoms with Crippen LogP contribution in [0, 0.1) is 5.92 Å². The molecule has 0 radical (unpaired) electrons. The highest BCUT2D eigenvalue weighted by Crippen LogP contribution is 2.24. The summed E-state index contributed by atoms with van der Waals surface area (Å²) in [5.74, 6) is -1.25. The topological polar surface area (TPSA) is 117 Å². The van der Waals surface area contributed by atoms with Gasteiger partial charge in [0.1, 0.15) is 0 Å². The first-order chi connectivity index (χ1) is 9.90. The highest BCUT2D eigenvalue weighted by Gasteiger charge is 2.25. The molecule has 2 unspecified atom stereocenters. The van der Waals surface area contributed by atoms with Gasteiger partial charge in [0.2, 0.25) is 0 Å². The Bertz CT molecular complexity index is 599. The SMILES string of the molecule is O=C(O)c1ccc(S(=O)(=O)NCC2CCCCC2O)nc1. The normalized spacial score (nSPS) is 22.9. The summed E-state index contributed by atoms with van der Waals surface area (Å²) in [7, 11) is -3.79. The molecule has 0 saturated heterocycles. The van der Waals surface area contributed by atoms with Crippen LogP contribution < -0.4 is 4.72 Å². The summed E-state index contributed by atoms with van der Waals surface area (Å²) in [4.78, 5) is 14.4. The largest absolute Gasteiger partial charge is 0.478 e. The second kappa shape index (κ2) is 6.50. The maximum Gasteiger partial charge on any atom is 0.337 e. The lowest BCUT2D eigenvalue weighted by Gasteiger charge is -2.27. The van der Waals surface area contributed by atoms with Gasteiger partial charge in [0.05, 0.1) is 11.7 Å². The summed E-state index contributed by atoms with van der Waals surface area (Å²) in [5.41, 5.74) is -0.0725. The van der Waals surface area contributed by atoms with Crippen LogP contribution in [-0.2, 0) is 10.0 Å². The van der Waals surface area contributed by atoms with Gasteiger partial charge >= 0.3 is 5.97 Å². The van der Waals surface area contributed by atoms with E-state index in [1.807, 2.05) is 0 Å². The van der Waals surface area contributed by atoms with Gasteiger partial charge in [-0.1, -0.05) is 12.8 Å². The number of hydrogen-bond acceptors (Lipinski definition) is 5. The molecule has 7 nitrogen and oxygen atoms in total. The number of aliphatic hydroxyl groups excluding tert-OH is 1. The average Bonchev–Trinajstić information content (AvgIpc) is 2.46. The Morgan fingerprint density at radius 3 is 2.62 bits per heavy atom. The number of nitrogens with one attached hydrogen (secondary N) is 1. The molecule has 1 aliphatic carbocycles. The van der Waals surface area contributed by atoms with Crippen molar-refractivity contribution in [1.29, 1.82) is 0 Å². The molecule has 1 fully saturated rings. The van der Waals surface area contributed by atoms with E-state index < -0.39 is 22.1 Å². The number of carboxylic acids is 1. The summed E-state index contributed by atoms with van der Waals surface area (Å²) in [6, 6.07) is 2.35. The smallest absolute Gasteiger partial charge is 0.337 e. The molecular weight excluding hydrogens is 296 g/mol. The third kappa shape index (κ3) is 3.99. The molecule has 2 atom stereocenters. The predicted octanol–water partition coefficient (Wildman–Crippen LogP) is 0.609. The van der Waals surface area contributed by atoms with Gasteiger partial charge in [-0.2, -0.15) is 0 Å². The molecule has 8 heteroatoms. The van der Waals surface area contributed by atoms with Gasteiger partial charge in [-0.3, -0.25) is 0 Å². The summed E-state index contributed by atoms with van der Waals surface area (Å²) in [6.45, 7) is 0.159. The quantitative estimate of drug-likeness (QED) is 0.733. The van der Waals surface area contributed by atoms with Crippen molar-refractivity contribution in [1.82, 2.24) is 9.71 Å². The van der Waals surface area contributed by atoms with E-state index >= 15 is 0 Å². The lowest BCUT2D eigenvalue weighted by molar-refractivity contribution is 0.0695. The van der Waals surface area contributed by atoms with E-state index in [1.54, 1.807) is 0 Å². The second-order valence-electron chi connectivity index (χ2n) is 5.15. The van der Waals surface area contributed by atoms with E-state index in [-0.39, 0.29) is 23.1 Å². The van der Waals surface area contributed by atoms with Crippen molar-refractivity contribution in [2.75, 3.05) is 6.54 Å². The maximum atomic E-state index is 12.1. The summed E-state index contributed by atoms with van der Waals surface area (Å²) in [6.07, 6.45) is 3.94. The molecule has 1 aromatic heterocycles. The second-order valence-corrected chi connectivity index (χ2v) is 6.87. The lowest BCUT2D eigenvalue weighted by Crippen LogP contribution is -2.36. The van der Waals surface area contributed by atoms with Gasteiger partial charge < -0.3 is 10.2 Å². The Morgan fingerprint density at radius 1 is 1.33 bits per heavy atom. The number of carbonyl (C=O) groups is 1. The van der Waals surface area contributed by atoms with Crippen molar-refractivity contribution in [2.24, 2.45) is 5.92 Å². The third-order valence-electron chi connectivity index (χ3n) is 3.66. The average molecular weight is 314 g/mol. The van der Waals surface area contributed by atoms with Gasteiger partial charge in [0, 0.05) is 12.7 Å². The van der Waals surface area contributed by atoms with Crippen LogP contribution in [0.3, 0.4) is 0 Å². The zero-order valence-electron chi connectivity index (χ0n) is 11.4. The highest BCUT2D eigenvalue weighted by atomic mass is 32.2. The van der Waals surface area contributed by atoms with Crippen LogP contribution in [0.4, 0.5) is 0 Å². The molecule has 1 heterocycles. The Balaban J connectivity index is 2.02. The van der Waals surface area contributed by atoms with Gasteiger partial charge in [-0.05, 0) is 30.9 Å². The van der Waals surface area contributed by atoms with Crippen molar-refractivity contribution >= 4 is 16.0 Å². The van der Waals surface area contributed by atoms with Crippen LogP contribution in [0.2, 0.25) is 0 Å². The Labute approximate surface area is 123 Å². The van der Waals surface area contributed by atoms with Crippen molar-refractivity contribution in [3.8, 4) is 0 Å². The van der Waals surface area contributed by atoms with Crippen LogP contribution in [0.15, 0.2) is 23.4 Å². The number of sulfonamides is 1. The van der Waals surface area contributed by atoms with E-state index in [0.717, 1.165) is 31.5 Å². The fourth-order valence-corrected chi connectivity index (χ4v) is 3.40. The molecule has 2 rings (SSSR count). The van der Waals surface area contributed by atoms with Crippen molar-refractivity contribution in [3.05, 3.63) is 23.9 Å². The zero-order valence-corrected chi connectivity index (χ0v) is 12.2. The fourth-order valence-electron chi connectivity index (χ4n) is 2.38. The van der Waals surface area contributed by atoms with E-state index in [9.17, 15) is 18.3 Å². The number of pyridine rings is 1. The number of hydrogen-bond donors (Lipinski definition) is 3. The predicted molar refractivity (Wildman–Crippen MR) is 74.3 cm³/mol. The van der Waals surface area contributed by atoms with Crippen molar-refractivity contribution < 1.29 is 23.4 Å². The number of aliphatic hydroxyl groups is 1. The maximum absolute atomic E-state index is 12.1. The van der Waals surface area contributed by atoms with E-state index in [0.29, 0.717) is 6.42 Å². The molecule has 0 bridgehead atoms. The molecule has 1 saturated carbocycles. The first kappa shape index (κ1) is 15.9. The van der Waals surface area contributed by atoms with E-state index in [4.69, 9.17) is 5.11 Å². The van der Waals surface area contributed by atoms with Crippen LogP contribution in [-0.4, -0.2) is 42.2 Å². The molecule has 0 amide bonds. The molecular formula is C13H18N2O5S. The van der Waals surface area contributed by atoms with Gasteiger partial charge in [-0.25, -0.2) is 22.9 Å². The molecule has 116 valence electrons. The minimum absolute atomic E-state index is 0.0725. The van der Waals surface area contributed by atoms with E-state index in [1.165, 1.54) is 6.07 Å². The van der Waals surface area contributed by atoms with Gasteiger partial charge in [0.15, 0.2) is 5.03 Å².